The van der Waals surface area contributed by atoms with Crippen LogP contribution in [0.3, 0.4) is 0 Å². The molecule has 0 radical (unpaired) electrons. The first-order valence-corrected chi connectivity index (χ1v) is 6.98. The maximum atomic E-state index is 11.9. The van der Waals surface area contributed by atoms with Crippen LogP contribution in [0.15, 0.2) is 24.3 Å². The van der Waals surface area contributed by atoms with Gasteiger partial charge in [0.2, 0.25) is 0 Å². The molecule has 0 saturated heterocycles. The van der Waals surface area contributed by atoms with Gasteiger partial charge in [-0.3, -0.25) is 0 Å². The number of anilines is 2. The Bertz CT molecular complexity index is 423. The summed E-state index contributed by atoms with van der Waals surface area (Å²) >= 11 is 0. The third-order valence-electron chi connectivity index (χ3n) is 3.22. The zero-order valence-corrected chi connectivity index (χ0v) is 12.8. The van der Waals surface area contributed by atoms with Gasteiger partial charge < -0.3 is 20.3 Å². The van der Waals surface area contributed by atoms with E-state index in [0.717, 1.165) is 24.3 Å². The average molecular weight is 279 g/mol. The Kier molecular flexibility index (Phi) is 6.87. The molecular formula is C15H25N3O2. The molecule has 0 aliphatic carbocycles. The minimum Gasteiger partial charge on any atom is -0.383 e. The van der Waals surface area contributed by atoms with Crippen molar-refractivity contribution in [1.82, 2.24) is 5.32 Å². The van der Waals surface area contributed by atoms with Crippen molar-refractivity contribution in [1.29, 1.82) is 0 Å². The molecule has 20 heavy (non-hydrogen) atoms. The van der Waals surface area contributed by atoms with Crippen molar-refractivity contribution in [2.45, 2.75) is 26.3 Å². The summed E-state index contributed by atoms with van der Waals surface area (Å²) in [6, 6.07) is 7.62. The zero-order valence-electron chi connectivity index (χ0n) is 12.8. The lowest BCUT2D eigenvalue weighted by Gasteiger charge is -2.19. The lowest BCUT2D eigenvalue weighted by Crippen LogP contribution is -2.40. The Morgan fingerprint density at radius 3 is 2.75 bits per heavy atom. The second-order valence-corrected chi connectivity index (χ2v) is 4.72. The van der Waals surface area contributed by atoms with Gasteiger partial charge in [-0.05, 0) is 31.5 Å². The number of nitrogens with one attached hydrogen (secondary N) is 2. The van der Waals surface area contributed by atoms with Crippen molar-refractivity contribution in [2.75, 3.05) is 37.5 Å². The smallest absolute Gasteiger partial charge is 0.319 e. The predicted molar refractivity (Wildman–Crippen MR) is 83.5 cm³/mol. The summed E-state index contributed by atoms with van der Waals surface area (Å²) in [6.45, 7) is 5.54. The second-order valence-electron chi connectivity index (χ2n) is 4.72. The first-order chi connectivity index (χ1) is 9.60. The molecule has 0 unspecified atom stereocenters. The van der Waals surface area contributed by atoms with Crippen molar-refractivity contribution < 1.29 is 9.53 Å². The summed E-state index contributed by atoms with van der Waals surface area (Å²) in [4.78, 5) is 14.0. The molecule has 5 nitrogen and oxygen atoms in total. The van der Waals surface area contributed by atoms with E-state index in [4.69, 9.17) is 4.74 Å². The van der Waals surface area contributed by atoms with Crippen LogP contribution in [0.4, 0.5) is 16.2 Å². The molecule has 0 fully saturated rings. The van der Waals surface area contributed by atoms with E-state index < -0.39 is 0 Å². The third kappa shape index (κ3) is 5.09. The molecule has 1 aromatic rings. The fourth-order valence-corrected chi connectivity index (χ4v) is 1.82. The standard InChI is InChI=1S/C15H25N3O2/c1-5-12(11-20-4)16-15(19)17-13-8-7-9-14(10-13)18(3)6-2/h7-10,12H,5-6,11H2,1-4H3,(H2,16,17,19)/t12-/m0/s1. The summed E-state index contributed by atoms with van der Waals surface area (Å²) in [6.07, 6.45) is 0.833. The van der Waals surface area contributed by atoms with Crippen LogP contribution in [-0.2, 0) is 4.74 Å². The minimum absolute atomic E-state index is 0.0292. The van der Waals surface area contributed by atoms with Gasteiger partial charge in [-0.15, -0.1) is 0 Å². The van der Waals surface area contributed by atoms with Gasteiger partial charge in [0.25, 0.3) is 0 Å². The van der Waals surface area contributed by atoms with Crippen LogP contribution in [0.1, 0.15) is 20.3 Å². The summed E-state index contributed by atoms with van der Waals surface area (Å²) < 4.78 is 5.06. The van der Waals surface area contributed by atoms with Crippen molar-refractivity contribution in [3.05, 3.63) is 24.3 Å². The molecule has 0 aliphatic rings. The maximum Gasteiger partial charge on any atom is 0.319 e. The highest BCUT2D eigenvalue weighted by Crippen LogP contribution is 2.18. The second kappa shape index (κ2) is 8.43. The Morgan fingerprint density at radius 2 is 2.15 bits per heavy atom. The van der Waals surface area contributed by atoms with Crippen LogP contribution in [-0.4, -0.2) is 39.4 Å². The number of rotatable bonds is 7. The number of ether oxygens (including phenoxy) is 1. The van der Waals surface area contributed by atoms with Gasteiger partial charge in [0.05, 0.1) is 12.6 Å². The van der Waals surface area contributed by atoms with E-state index in [2.05, 4.69) is 22.5 Å². The quantitative estimate of drug-likeness (QED) is 0.807. The lowest BCUT2D eigenvalue weighted by molar-refractivity contribution is 0.165. The molecular weight excluding hydrogens is 254 g/mol. The molecule has 1 aromatic carbocycles. The Balaban J connectivity index is 2.61. The largest absolute Gasteiger partial charge is 0.383 e. The van der Waals surface area contributed by atoms with E-state index in [1.165, 1.54) is 0 Å². The Hall–Kier alpha value is -1.75. The van der Waals surface area contributed by atoms with Gasteiger partial charge in [-0.2, -0.15) is 0 Å². The van der Waals surface area contributed by atoms with Crippen molar-refractivity contribution >= 4 is 17.4 Å². The number of amides is 2. The van der Waals surface area contributed by atoms with E-state index in [1.54, 1.807) is 7.11 Å². The number of methoxy groups -OCH3 is 1. The van der Waals surface area contributed by atoms with E-state index in [-0.39, 0.29) is 12.1 Å². The monoisotopic (exact) mass is 279 g/mol. The highest BCUT2D eigenvalue weighted by atomic mass is 16.5. The molecule has 5 heteroatoms. The van der Waals surface area contributed by atoms with Crippen LogP contribution in [0, 0.1) is 0 Å². The molecule has 112 valence electrons. The van der Waals surface area contributed by atoms with Gasteiger partial charge in [-0.1, -0.05) is 13.0 Å². The number of urea groups is 1. The topological polar surface area (TPSA) is 53.6 Å². The molecule has 1 rings (SSSR count). The number of carbonyl (C=O) groups excluding carboxylic acids is 1. The SMILES string of the molecule is CC[C@@H](COC)NC(=O)Nc1cccc(N(C)CC)c1. The molecule has 0 spiro atoms. The number of nitrogens with zero attached hydrogens (tertiary/aromatic N) is 1. The predicted octanol–water partition coefficient (Wildman–Crippen LogP) is 2.69. The molecule has 0 aromatic heterocycles. The summed E-state index contributed by atoms with van der Waals surface area (Å²) in [5.74, 6) is 0. The van der Waals surface area contributed by atoms with Gasteiger partial charge in [0.15, 0.2) is 0 Å². The molecule has 2 N–H and O–H groups in total. The van der Waals surface area contributed by atoms with Gasteiger partial charge >= 0.3 is 6.03 Å². The molecule has 0 saturated carbocycles. The number of benzene rings is 1. The Morgan fingerprint density at radius 1 is 1.40 bits per heavy atom. The Labute approximate surface area is 121 Å². The van der Waals surface area contributed by atoms with Crippen molar-refractivity contribution in [2.24, 2.45) is 0 Å². The van der Waals surface area contributed by atoms with Crippen LogP contribution in [0.5, 0.6) is 0 Å². The average Bonchev–Trinajstić information content (AvgIpc) is 2.46. The fourth-order valence-electron chi connectivity index (χ4n) is 1.82. The lowest BCUT2D eigenvalue weighted by atomic mass is 10.2. The van der Waals surface area contributed by atoms with Crippen LogP contribution < -0.4 is 15.5 Å². The van der Waals surface area contributed by atoms with Crippen molar-refractivity contribution in [3.63, 3.8) is 0 Å². The highest BCUT2D eigenvalue weighted by Gasteiger charge is 2.10. The van der Waals surface area contributed by atoms with Crippen LogP contribution >= 0.6 is 0 Å². The molecule has 2 amide bonds. The fraction of sp³-hybridized carbons (Fsp3) is 0.533. The molecule has 0 bridgehead atoms. The van der Waals surface area contributed by atoms with Crippen molar-refractivity contribution in [3.8, 4) is 0 Å². The van der Waals surface area contributed by atoms with E-state index >= 15 is 0 Å². The zero-order chi connectivity index (χ0) is 15.0. The van der Waals surface area contributed by atoms with Gasteiger partial charge in [0.1, 0.15) is 0 Å². The number of carbonyl (C=O) groups is 1. The van der Waals surface area contributed by atoms with Crippen LogP contribution in [0.25, 0.3) is 0 Å². The van der Waals surface area contributed by atoms with E-state index in [1.807, 2.05) is 38.2 Å². The third-order valence-corrected chi connectivity index (χ3v) is 3.22. The van der Waals surface area contributed by atoms with E-state index in [9.17, 15) is 4.79 Å². The first-order valence-electron chi connectivity index (χ1n) is 6.98. The first kappa shape index (κ1) is 16.3. The molecule has 0 heterocycles. The van der Waals surface area contributed by atoms with Gasteiger partial charge in [0, 0.05) is 32.1 Å². The highest BCUT2D eigenvalue weighted by molar-refractivity contribution is 5.90. The summed E-state index contributed by atoms with van der Waals surface area (Å²) in [5.41, 5.74) is 1.86. The normalized spacial score (nSPS) is 11.8. The summed E-state index contributed by atoms with van der Waals surface area (Å²) in [7, 11) is 3.65. The minimum atomic E-state index is -0.204. The number of hydrogen-bond acceptors (Lipinski definition) is 3. The number of hydrogen-bond donors (Lipinski definition) is 2. The van der Waals surface area contributed by atoms with E-state index in [0.29, 0.717) is 6.61 Å². The van der Waals surface area contributed by atoms with Gasteiger partial charge in [-0.25, -0.2) is 4.79 Å². The maximum absolute atomic E-state index is 11.9. The molecule has 1 atom stereocenters. The summed E-state index contributed by atoms with van der Waals surface area (Å²) in [5, 5.41) is 5.74. The van der Waals surface area contributed by atoms with Crippen LogP contribution in [0.2, 0.25) is 0 Å². The molecule has 0 aliphatic heterocycles.